The molecule has 0 aliphatic heterocycles. The topological polar surface area (TPSA) is 237 Å². The van der Waals surface area contributed by atoms with E-state index < -0.39 is 97.5 Å². The average Bonchev–Trinajstić information content (AvgIpc) is 3.44. The molecule has 5 atom stereocenters. The normalized spacial score (nSPS) is 14.2. The van der Waals surface area contributed by atoms with Crippen LogP contribution in [0.4, 0.5) is 0 Å². The fourth-order valence-electron chi connectivity index (χ4n) is 9.28. The predicted octanol–water partition coefficient (Wildman–Crippen LogP) is 17.2. The molecule has 480 valence electrons. The van der Waals surface area contributed by atoms with Gasteiger partial charge in [0, 0.05) is 25.7 Å². The Morgan fingerprint density at radius 2 is 0.494 bits per heavy atom. The number of aliphatic hydroxyl groups excluding tert-OH is 1. The Hall–Kier alpha value is -1.94. The van der Waals surface area contributed by atoms with Crippen molar-refractivity contribution in [3.05, 3.63) is 0 Å². The molecular formula is C62H120O17P2. The van der Waals surface area contributed by atoms with E-state index in [1.165, 1.54) is 135 Å². The van der Waals surface area contributed by atoms with Crippen molar-refractivity contribution >= 4 is 39.5 Å². The second-order valence-corrected chi connectivity index (χ2v) is 25.4. The van der Waals surface area contributed by atoms with Crippen molar-refractivity contribution in [3.63, 3.8) is 0 Å². The van der Waals surface area contributed by atoms with Crippen LogP contribution in [0, 0.1) is 0 Å². The van der Waals surface area contributed by atoms with Crippen LogP contribution < -0.4 is 0 Å². The van der Waals surface area contributed by atoms with E-state index in [-0.39, 0.29) is 25.7 Å². The molecule has 0 radical (unpaired) electrons. The van der Waals surface area contributed by atoms with Crippen molar-refractivity contribution in [1.29, 1.82) is 0 Å². The maximum absolute atomic E-state index is 13.0. The first-order valence-electron chi connectivity index (χ1n) is 32.8. The van der Waals surface area contributed by atoms with Crippen molar-refractivity contribution in [2.75, 3.05) is 39.6 Å². The third kappa shape index (κ3) is 56.9. The number of phosphoric ester groups is 2. The van der Waals surface area contributed by atoms with Gasteiger partial charge < -0.3 is 33.8 Å². The molecule has 0 spiro atoms. The van der Waals surface area contributed by atoms with Crippen LogP contribution in [0.3, 0.4) is 0 Å². The summed E-state index contributed by atoms with van der Waals surface area (Å²) in [6, 6.07) is 0. The van der Waals surface area contributed by atoms with Gasteiger partial charge in [-0.1, -0.05) is 265 Å². The molecule has 0 fully saturated rings. The molecule has 0 aliphatic rings. The Bertz CT molecular complexity index is 1570. The molecule has 0 aromatic heterocycles. The van der Waals surface area contributed by atoms with E-state index in [0.717, 1.165) is 103 Å². The Kier molecular flexibility index (Phi) is 55.8. The highest BCUT2D eigenvalue weighted by Crippen LogP contribution is 2.45. The molecule has 19 heteroatoms. The summed E-state index contributed by atoms with van der Waals surface area (Å²) in [6.07, 6.45) is 41.7. The van der Waals surface area contributed by atoms with Crippen LogP contribution in [0.15, 0.2) is 0 Å². The molecule has 0 rings (SSSR count). The third-order valence-electron chi connectivity index (χ3n) is 14.4. The van der Waals surface area contributed by atoms with Crippen molar-refractivity contribution in [3.8, 4) is 0 Å². The van der Waals surface area contributed by atoms with Crippen LogP contribution in [0.1, 0.15) is 317 Å². The molecule has 0 amide bonds. The van der Waals surface area contributed by atoms with Gasteiger partial charge in [0.2, 0.25) is 0 Å². The number of hydrogen-bond acceptors (Lipinski definition) is 15. The molecule has 17 nitrogen and oxygen atoms in total. The zero-order valence-electron chi connectivity index (χ0n) is 51.7. The lowest BCUT2D eigenvalue weighted by Gasteiger charge is -2.21. The number of carbonyl (C=O) groups is 4. The van der Waals surface area contributed by atoms with E-state index in [9.17, 15) is 43.2 Å². The first kappa shape index (κ1) is 79.1. The van der Waals surface area contributed by atoms with Gasteiger partial charge in [-0.3, -0.25) is 37.3 Å². The number of unbranched alkanes of at least 4 members (excludes halogenated alkanes) is 37. The highest BCUT2D eigenvalue weighted by atomic mass is 31.2. The maximum atomic E-state index is 13.0. The lowest BCUT2D eigenvalue weighted by atomic mass is 10.0. The summed E-state index contributed by atoms with van der Waals surface area (Å²) in [5, 5.41) is 10.5. The Morgan fingerprint density at radius 3 is 0.728 bits per heavy atom. The fraction of sp³-hybridized carbons (Fsp3) is 0.935. The molecule has 3 N–H and O–H groups in total. The molecule has 0 bridgehead atoms. The molecule has 0 aromatic carbocycles. The minimum atomic E-state index is -4.94. The molecule has 0 aromatic rings. The largest absolute Gasteiger partial charge is 0.472 e. The van der Waals surface area contributed by atoms with E-state index >= 15 is 0 Å². The second-order valence-electron chi connectivity index (χ2n) is 22.4. The minimum absolute atomic E-state index is 0.106. The third-order valence-corrected chi connectivity index (χ3v) is 16.3. The minimum Gasteiger partial charge on any atom is -0.462 e. The number of rotatable bonds is 63. The van der Waals surface area contributed by atoms with Crippen molar-refractivity contribution < 1.29 is 80.2 Å². The molecular weight excluding hydrogens is 1080 g/mol. The number of aliphatic hydroxyl groups is 1. The summed E-state index contributed by atoms with van der Waals surface area (Å²) < 4.78 is 67.8. The Labute approximate surface area is 492 Å². The highest BCUT2D eigenvalue weighted by molar-refractivity contribution is 7.47. The van der Waals surface area contributed by atoms with Gasteiger partial charge in [-0.2, -0.15) is 0 Å². The van der Waals surface area contributed by atoms with Gasteiger partial charge in [0.1, 0.15) is 19.3 Å². The van der Waals surface area contributed by atoms with E-state index in [4.69, 9.17) is 37.0 Å². The van der Waals surface area contributed by atoms with Gasteiger partial charge in [-0.05, 0) is 25.7 Å². The number of carbonyl (C=O) groups excluding carboxylic acids is 4. The van der Waals surface area contributed by atoms with Crippen LogP contribution in [0.25, 0.3) is 0 Å². The summed E-state index contributed by atoms with van der Waals surface area (Å²) >= 11 is 0. The Balaban J connectivity index is 5.20. The summed E-state index contributed by atoms with van der Waals surface area (Å²) in [7, 11) is -9.87. The molecule has 2 unspecified atom stereocenters. The van der Waals surface area contributed by atoms with Crippen LogP contribution in [0.5, 0.6) is 0 Å². The summed E-state index contributed by atoms with van der Waals surface area (Å²) in [4.78, 5) is 72.0. The van der Waals surface area contributed by atoms with E-state index in [1.807, 2.05) is 0 Å². The van der Waals surface area contributed by atoms with Gasteiger partial charge in [0.05, 0.1) is 26.4 Å². The van der Waals surface area contributed by atoms with Gasteiger partial charge in [0.15, 0.2) is 12.2 Å². The molecule has 0 saturated heterocycles. The van der Waals surface area contributed by atoms with Crippen LogP contribution >= 0.6 is 15.6 Å². The number of ether oxygens (including phenoxy) is 4. The quantitative estimate of drug-likeness (QED) is 0.0222. The van der Waals surface area contributed by atoms with Gasteiger partial charge >= 0.3 is 39.5 Å². The standard InChI is InChI=1S/C62H120O17P2/c1-5-9-13-17-21-24-26-27-28-30-33-37-41-45-49-62(67)79-58(53-73-60(65)47-43-39-35-32-29-25-22-18-14-10-6-2)55-77-81(70,71)75-51-56(63)50-74-80(68,69)76-54-57(52-72-59(64)46-42-38-34-20-16-12-8-4)78-61(66)48-44-40-36-31-23-19-15-11-7-3/h56-58,63H,5-55H2,1-4H3,(H,68,69)(H,70,71)/t56-,57+,58+/m0/s1. The van der Waals surface area contributed by atoms with Crippen molar-refractivity contribution in [1.82, 2.24) is 0 Å². The zero-order chi connectivity index (χ0) is 59.8. The first-order chi connectivity index (χ1) is 39.2. The average molecular weight is 1200 g/mol. The van der Waals surface area contributed by atoms with Crippen LogP contribution in [-0.4, -0.2) is 96.7 Å². The van der Waals surface area contributed by atoms with Gasteiger partial charge in [-0.25, -0.2) is 9.13 Å². The van der Waals surface area contributed by atoms with E-state index in [2.05, 4.69) is 27.7 Å². The second kappa shape index (κ2) is 57.2. The highest BCUT2D eigenvalue weighted by Gasteiger charge is 2.30. The number of esters is 4. The van der Waals surface area contributed by atoms with Crippen molar-refractivity contribution in [2.24, 2.45) is 0 Å². The van der Waals surface area contributed by atoms with Crippen LogP contribution in [-0.2, 0) is 65.4 Å². The number of hydrogen-bond donors (Lipinski definition) is 3. The van der Waals surface area contributed by atoms with Gasteiger partial charge in [-0.15, -0.1) is 0 Å². The van der Waals surface area contributed by atoms with Crippen LogP contribution in [0.2, 0.25) is 0 Å². The number of phosphoric acid groups is 2. The van der Waals surface area contributed by atoms with E-state index in [0.29, 0.717) is 25.7 Å². The monoisotopic (exact) mass is 1200 g/mol. The maximum Gasteiger partial charge on any atom is 0.472 e. The molecule has 0 saturated carbocycles. The summed E-state index contributed by atoms with van der Waals surface area (Å²) in [6.45, 7) is 4.83. The first-order valence-corrected chi connectivity index (χ1v) is 35.8. The van der Waals surface area contributed by atoms with Gasteiger partial charge in [0.25, 0.3) is 0 Å². The predicted molar refractivity (Wildman–Crippen MR) is 322 cm³/mol. The lowest BCUT2D eigenvalue weighted by Crippen LogP contribution is -2.30. The lowest BCUT2D eigenvalue weighted by molar-refractivity contribution is -0.161. The SMILES string of the molecule is CCCCCCCCCCCCCCCCC(=O)O[C@H](COC(=O)CCCCCCCCCCCCC)COP(=O)(O)OC[C@@H](O)COP(=O)(O)OC[C@@H](COC(=O)CCCCCCCCC)OC(=O)CCCCCCCCCCC. The summed E-state index contributed by atoms with van der Waals surface area (Å²) in [5.41, 5.74) is 0. The molecule has 0 heterocycles. The molecule has 0 aliphatic carbocycles. The summed E-state index contributed by atoms with van der Waals surface area (Å²) in [5.74, 6) is -2.14. The smallest absolute Gasteiger partial charge is 0.462 e. The van der Waals surface area contributed by atoms with E-state index in [1.54, 1.807) is 0 Å². The molecule has 81 heavy (non-hydrogen) atoms. The Morgan fingerprint density at radius 1 is 0.296 bits per heavy atom. The van der Waals surface area contributed by atoms with Crippen molar-refractivity contribution in [2.45, 2.75) is 335 Å². The fourth-order valence-corrected chi connectivity index (χ4v) is 10.9. The zero-order valence-corrected chi connectivity index (χ0v) is 53.5.